The van der Waals surface area contributed by atoms with E-state index in [1.54, 1.807) is 0 Å². The summed E-state index contributed by atoms with van der Waals surface area (Å²) in [4.78, 5) is 0. The zero-order chi connectivity index (χ0) is 10.1. The van der Waals surface area contributed by atoms with Crippen molar-refractivity contribution >= 4 is 0 Å². The molecule has 0 aromatic carbocycles. The van der Waals surface area contributed by atoms with Crippen molar-refractivity contribution in [1.29, 1.82) is 0 Å². The molecule has 13 heavy (non-hydrogen) atoms. The van der Waals surface area contributed by atoms with Crippen LogP contribution in [0.5, 0.6) is 0 Å². The highest BCUT2D eigenvalue weighted by atomic mass is 14.9. The van der Waals surface area contributed by atoms with Gasteiger partial charge in [0.2, 0.25) is 0 Å². The van der Waals surface area contributed by atoms with Crippen LogP contribution in [0.2, 0.25) is 0 Å². The molecule has 1 rings (SSSR count). The summed E-state index contributed by atoms with van der Waals surface area (Å²) in [6.45, 7) is 14.3. The molecule has 1 atom stereocenters. The largest absolute Gasteiger partial charge is 0.316 e. The van der Waals surface area contributed by atoms with E-state index in [0.29, 0.717) is 10.8 Å². The molecule has 0 aliphatic carbocycles. The van der Waals surface area contributed by atoms with Crippen LogP contribution in [0.1, 0.15) is 47.5 Å². The van der Waals surface area contributed by atoms with Gasteiger partial charge in [-0.25, -0.2) is 0 Å². The standard InChI is InChI=1S/C12H25N/c1-11(2,3)9-12(4,5)10-6-7-13-8-10/h10,13H,6-9H2,1-5H3. The molecule has 1 unspecified atom stereocenters. The van der Waals surface area contributed by atoms with Crippen molar-refractivity contribution in [2.45, 2.75) is 47.5 Å². The maximum absolute atomic E-state index is 3.46. The van der Waals surface area contributed by atoms with E-state index in [9.17, 15) is 0 Å². The second-order valence-corrected chi connectivity index (χ2v) is 6.42. The SMILES string of the molecule is CC(C)(C)CC(C)(C)C1CCNC1. The summed E-state index contributed by atoms with van der Waals surface area (Å²) in [5.41, 5.74) is 0.966. The average Bonchev–Trinajstić information content (AvgIpc) is 2.29. The second-order valence-electron chi connectivity index (χ2n) is 6.42. The first-order valence-electron chi connectivity index (χ1n) is 5.52. The third-order valence-corrected chi connectivity index (χ3v) is 3.15. The van der Waals surface area contributed by atoms with Crippen LogP contribution in [0.3, 0.4) is 0 Å². The summed E-state index contributed by atoms with van der Waals surface area (Å²) in [6, 6.07) is 0. The summed E-state index contributed by atoms with van der Waals surface area (Å²) >= 11 is 0. The molecule has 0 aromatic heterocycles. The highest BCUT2D eigenvalue weighted by Gasteiger charge is 2.34. The van der Waals surface area contributed by atoms with Crippen LogP contribution >= 0.6 is 0 Å². The van der Waals surface area contributed by atoms with E-state index in [2.05, 4.69) is 39.9 Å². The van der Waals surface area contributed by atoms with Gasteiger partial charge in [0, 0.05) is 0 Å². The van der Waals surface area contributed by atoms with E-state index in [1.165, 1.54) is 25.9 Å². The molecule has 1 N–H and O–H groups in total. The third kappa shape index (κ3) is 3.30. The minimum Gasteiger partial charge on any atom is -0.316 e. The molecule has 0 radical (unpaired) electrons. The third-order valence-electron chi connectivity index (χ3n) is 3.15. The van der Waals surface area contributed by atoms with Gasteiger partial charge in [0.25, 0.3) is 0 Å². The quantitative estimate of drug-likeness (QED) is 0.694. The first-order valence-corrected chi connectivity index (χ1v) is 5.52. The smallest absolute Gasteiger partial charge is 0.00149 e. The number of hydrogen-bond donors (Lipinski definition) is 1. The van der Waals surface area contributed by atoms with E-state index in [1.807, 2.05) is 0 Å². The summed E-state index contributed by atoms with van der Waals surface area (Å²) in [5, 5.41) is 3.46. The molecule has 0 aromatic rings. The van der Waals surface area contributed by atoms with E-state index in [4.69, 9.17) is 0 Å². The van der Waals surface area contributed by atoms with Gasteiger partial charge < -0.3 is 5.32 Å². The van der Waals surface area contributed by atoms with E-state index in [-0.39, 0.29) is 0 Å². The Bertz CT molecular complexity index is 158. The monoisotopic (exact) mass is 183 g/mol. The fraction of sp³-hybridized carbons (Fsp3) is 1.00. The lowest BCUT2D eigenvalue weighted by atomic mass is 9.68. The zero-order valence-electron chi connectivity index (χ0n) is 9.91. The fourth-order valence-corrected chi connectivity index (χ4v) is 2.83. The summed E-state index contributed by atoms with van der Waals surface area (Å²) in [7, 11) is 0. The van der Waals surface area contributed by atoms with Crippen molar-refractivity contribution in [3.8, 4) is 0 Å². The highest BCUT2D eigenvalue weighted by molar-refractivity contribution is 4.87. The molecule has 1 aliphatic heterocycles. The van der Waals surface area contributed by atoms with Crippen molar-refractivity contribution < 1.29 is 0 Å². The van der Waals surface area contributed by atoms with Crippen LogP contribution < -0.4 is 5.32 Å². The van der Waals surface area contributed by atoms with Crippen molar-refractivity contribution in [3.63, 3.8) is 0 Å². The van der Waals surface area contributed by atoms with E-state index >= 15 is 0 Å². The lowest BCUT2D eigenvalue weighted by Crippen LogP contribution is -2.30. The normalized spacial score (nSPS) is 25.2. The van der Waals surface area contributed by atoms with Gasteiger partial charge in [0.15, 0.2) is 0 Å². The zero-order valence-corrected chi connectivity index (χ0v) is 9.91. The molecular weight excluding hydrogens is 158 g/mol. The molecule has 0 bridgehead atoms. The molecule has 78 valence electrons. The van der Waals surface area contributed by atoms with E-state index in [0.717, 1.165) is 5.92 Å². The van der Waals surface area contributed by atoms with Gasteiger partial charge in [-0.2, -0.15) is 0 Å². The Morgan fingerprint density at radius 1 is 1.15 bits per heavy atom. The minimum atomic E-state index is 0.464. The Morgan fingerprint density at radius 3 is 2.15 bits per heavy atom. The maximum Gasteiger partial charge on any atom is -0.00149 e. The number of rotatable bonds is 2. The Balaban J connectivity index is 2.53. The van der Waals surface area contributed by atoms with Gasteiger partial charge in [-0.3, -0.25) is 0 Å². The lowest BCUT2D eigenvalue weighted by molar-refractivity contribution is 0.141. The fourth-order valence-electron chi connectivity index (χ4n) is 2.83. The molecule has 1 fully saturated rings. The minimum absolute atomic E-state index is 0.464. The molecule has 0 amide bonds. The second kappa shape index (κ2) is 3.61. The molecule has 1 heteroatoms. The van der Waals surface area contributed by atoms with Crippen molar-refractivity contribution in [2.24, 2.45) is 16.7 Å². The van der Waals surface area contributed by atoms with Crippen LogP contribution in [-0.4, -0.2) is 13.1 Å². The molecule has 1 nitrogen and oxygen atoms in total. The Labute approximate surface area is 83.3 Å². The Hall–Kier alpha value is -0.0400. The Kier molecular flexibility index (Phi) is 3.06. The van der Waals surface area contributed by atoms with Crippen LogP contribution in [0, 0.1) is 16.7 Å². The van der Waals surface area contributed by atoms with Crippen LogP contribution in [0.15, 0.2) is 0 Å². The lowest BCUT2D eigenvalue weighted by Gasteiger charge is -2.37. The van der Waals surface area contributed by atoms with Gasteiger partial charge >= 0.3 is 0 Å². The van der Waals surface area contributed by atoms with Gasteiger partial charge in [0.05, 0.1) is 0 Å². The van der Waals surface area contributed by atoms with Gasteiger partial charge in [-0.05, 0) is 42.7 Å². The van der Waals surface area contributed by atoms with Crippen molar-refractivity contribution in [1.82, 2.24) is 5.32 Å². The van der Waals surface area contributed by atoms with Crippen LogP contribution in [0.25, 0.3) is 0 Å². The maximum atomic E-state index is 3.46. The first-order chi connectivity index (χ1) is 5.81. The number of nitrogens with one attached hydrogen (secondary N) is 1. The van der Waals surface area contributed by atoms with Crippen LogP contribution in [-0.2, 0) is 0 Å². The Morgan fingerprint density at radius 2 is 1.77 bits per heavy atom. The molecule has 1 saturated heterocycles. The summed E-state index contributed by atoms with van der Waals surface area (Å²) in [5.74, 6) is 0.881. The van der Waals surface area contributed by atoms with E-state index < -0.39 is 0 Å². The summed E-state index contributed by atoms with van der Waals surface area (Å²) in [6.07, 6.45) is 2.69. The van der Waals surface area contributed by atoms with Gasteiger partial charge in [-0.1, -0.05) is 34.6 Å². The van der Waals surface area contributed by atoms with Crippen LogP contribution in [0.4, 0.5) is 0 Å². The summed E-state index contributed by atoms with van der Waals surface area (Å²) < 4.78 is 0. The average molecular weight is 183 g/mol. The molecular formula is C12H25N. The number of hydrogen-bond acceptors (Lipinski definition) is 1. The molecule has 1 heterocycles. The predicted molar refractivity (Wildman–Crippen MR) is 58.8 cm³/mol. The van der Waals surface area contributed by atoms with Crippen molar-refractivity contribution in [3.05, 3.63) is 0 Å². The molecule has 1 aliphatic rings. The molecule has 0 saturated carbocycles. The first kappa shape index (κ1) is 11.0. The highest BCUT2D eigenvalue weighted by Crippen LogP contribution is 2.41. The topological polar surface area (TPSA) is 12.0 Å². The molecule has 0 spiro atoms. The van der Waals surface area contributed by atoms with Crippen molar-refractivity contribution in [2.75, 3.05) is 13.1 Å². The van der Waals surface area contributed by atoms with Gasteiger partial charge in [0.1, 0.15) is 0 Å². The van der Waals surface area contributed by atoms with Gasteiger partial charge in [-0.15, -0.1) is 0 Å². The predicted octanol–water partition coefficient (Wildman–Crippen LogP) is 3.06.